The van der Waals surface area contributed by atoms with Gasteiger partial charge in [0.25, 0.3) is 0 Å². The molecule has 0 aliphatic rings. The fourth-order valence-corrected chi connectivity index (χ4v) is 0.957. The van der Waals surface area contributed by atoms with Crippen molar-refractivity contribution in [3.8, 4) is 0 Å². The summed E-state index contributed by atoms with van der Waals surface area (Å²) >= 11 is 0. The highest BCUT2D eigenvalue weighted by Gasteiger charge is 2.13. The molecule has 0 aromatic heterocycles. The van der Waals surface area contributed by atoms with Gasteiger partial charge in [0.15, 0.2) is 0 Å². The fourth-order valence-electron chi connectivity index (χ4n) is 0.957. The highest BCUT2D eigenvalue weighted by molar-refractivity contribution is 4.65. The summed E-state index contributed by atoms with van der Waals surface area (Å²) in [7, 11) is 0. The molecule has 0 saturated heterocycles. The summed E-state index contributed by atoms with van der Waals surface area (Å²) in [4.78, 5) is 0. The largest absolute Gasteiger partial charge is 0.0649 e. The Labute approximate surface area is 66.0 Å². The number of unbranched alkanes of at least 4 members (excludes halogenated alkanes) is 2. The van der Waals surface area contributed by atoms with E-state index < -0.39 is 0 Å². The molecule has 10 heavy (non-hydrogen) atoms. The third-order valence-corrected chi connectivity index (χ3v) is 2.31. The maximum Gasteiger partial charge on any atom is -0.0357 e. The molecule has 0 heteroatoms. The van der Waals surface area contributed by atoms with Gasteiger partial charge in [-0.2, -0.15) is 0 Å². The van der Waals surface area contributed by atoms with Crippen molar-refractivity contribution in [1.82, 2.24) is 0 Å². The molecular weight excluding hydrogens is 120 g/mol. The number of hydrogen-bond acceptors (Lipinski definition) is 0. The van der Waals surface area contributed by atoms with Crippen molar-refractivity contribution in [2.24, 2.45) is 5.41 Å². The molecule has 0 aliphatic carbocycles. The molecule has 0 N–H and O–H groups in total. The highest BCUT2D eigenvalue weighted by Crippen LogP contribution is 2.26. The second-order valence-electron chi connectivity index (χ2n) is 3.83. The molecule has 0 amide bonds. The summed E-state index contributed by atoms with van der Waals surface area (Å²) in [5.74, 6) is 0. The van der Waals surface area contributed by atoms with Gasteiger partial charge in [-0.1, -0.05) is 53.4 Å². The molecule has 0 bridgehead atoms. The molecule has 0 fully saturated rings. The van der Waals surface area contributed by atoms with Gasteiger partial charge in [0.2, 0.25) is 0 Å². The van der Waals surface area contributed by atoms with Gasteiger partial charge in [0.05, 0.1) is 0 Å². The summed E-state index contributed by atoms with van der Waals surface area (Å²) in [5.41, 5.74) is 0.565. The summed E-state index contributed by atoms with van der Waals surface area (Å²) in [6.45, 7) is 10.8. The summed E-state index contributed by atoms with van der Waals surface area (Å²) in [5, 5.41) is 0. The standard InChI is InChI=1S/C10H21/c1-5-7-8-9-10(3,4)6-2/h1,5-9H2,2-4H3. The highest BCUT2D eigenvalue weighted by atomic mass is 14.2. The zero-order chi connectivity index (χ0) is 8.04. The molecule has 0 unspecified atom stereocenters. The van der Waals surface area contributed by atoms with Gasteiger partial charge in [-0.3, -0.25) is 0 Å². The van der Waals surface area contributed by atoms with Crippen LogP contribution in [0.15, 0.2) is 0 Å². The molecule has 0 aromatic carbocycles. The van der Waals surface area contributed by atoms with Crippen molar-refractivity contribution < 1.29 is 0 Å². The van der Waals surface area contributed by atoms with Crippen molar-refractivity contribution in [3.05, 3.63) is 6.92 Å². The van der Waals surface area contributed by atoms with Crippen LogP contribution in [0.2, 0.25) is 0 Å². The molecule has 0 rings (SSSR count). The van der Waals surface area contributed by atoms with Crippen molar-refractivity contribution in [2.75, 3.05) is 0 Å². The Hall–Kier alpha value is 0. The molecule has 0 atom stereocenters. The van der Waals surface area contributed by atoms with Crippen molar-refractivity contribution in [2.45, 2.75) is 52.9 Å². The fraction of sp³-hybridized carbons (Fsp3) is 0.900. The van der Waals surface area contributed by atoms with E-state index in [4.69, 9.17) is 0 Å². The van der Waals surface area contributed by atoms with Crippen LogP contribution in [0, 0.1) is 12.3 Å². The van der Waals surface area contributed by atoms with Crippen LogP contribution < -0.4 is 0 Å². The molecule has 0 heterocycles. The van der Waals surface area contributed by atoms with Crippen LogP contribution in [0.1, 0.15) is 52.9 Å². The molecule has 1 radical (unpaired) electrons. The van der Waals surface area contributed by atoms with E-state index in [0.717, 1.165) is 6.42 Å². The molecule has 0 saturated carbocycles. The first kappa shape index (κ1) is 10.0. The zero-order valence-corrected chi connectivity index (χ0v) is 7.74. The first-order valence-electron chi connectivity index (χ1n) is 4.41. The van der Waals surface area contributed by atoms with Gasteiger partial charge in [-0.05, 0) is 11.8 Å². The molecular formula is C10H21. The summed E-state index contributed by atoms with van der Waals surface area (Å²) in [6.07, 6.45) is 6.40. The zero-order valence-electron chi connectivity index (χ0n) is 7.74. The Morgan fingerprint density at radius 2 is 1.80 bits per heavy atom. The van der Waals surface area contributed by atoms with Crippen LogP contribution in [0.25, 0.3) is 0 Å². The van der Waals surface area contributed by atoms with E-state index >= 15 is 0 Å². The van der Waals surface area contributed by atoms with Gasteiger partial charge < -0.3 is 0 Å². The number of rotatable bonds is 5. The lowest BCUT2D eigenvalue weighted by molar-refractivity contribution is 0.310. The van der Waals surface area contributed by atoms with Crippen LogP contribution in [0.4, 0.5) is 0 Å². The van der Waals surface area contributed by atoms with Crippen LogP contribution in [0.5, 0.6) is 0 Å². The summed E-state index contributed by atoms with van der Waals surface area (Å²) < 4.78 is 0. The maximum absolute atomic E-state index is 3.83. The smallest absolute Gasteiger partial charge is 0.0357 e. The lowest BCUT2D eigenvalue weighted by atomic mass is 9.84. The van der Waals surface area contributed by atoms with Gasteiger partial charge in [0.1, 0.15) is 0 Å². The predicted octanol–water partition coefficient (Wildman–Crippen LogP) is 3.82. The Morgan fingerprint density at radius 1 is 1.20 bits per heavy atom. The third-order valence-electron chi connectivity index (χ3n) is 2.31. The van der Waals surface area contributed by atoms with Crippen molar-refractivity contribution >= 4 is 0 Å². The van der Waals surface area contributed by atoms with Crippen LogP contribution >= 0.6 is 0 Å². The van der Waals surface area contributed by atoms with Crippen molar-refractivity contribution in [3.63, 3.8) is 0 Å². The van der Waals surface area contributed by atoms with Crippen molar-refractivity contribution in [1.29, 1.82) is 0 Å². The van der Waals surface area contributed by atoms with Gasteiger partial charge in [-0.25, -0.2) is 0 Å². The molecule has 0 aliphatic heterocycles. The quantitative estimate of drug-likeness (QED) is 0.511. The first-order chi connectivity index (χ1) is 4.62. The lowest BCUT2D eigenvalue weighted by Gasteiger charge is -2.21. The molecule has 61 valence electrons. The Balaban J connectivity index is 3.28. The molecule has 0 aromatic rings. The SMILES string of the molecule is [CH2]CCCCC(C)(C)CC. The Morgan fingerprint density at radius 3 is 2.20 bits per heavy atom. The second-order valence-corrected chi connectivity index (χ2v) is 3.83. The van der Waals surface area contributed by atoms with E-state index in [0.29, 0.717) is 5.41 Å². The number of hydrogen-bond donors (Lipinski definition) is 0. The lowest BCUT2D eigenvalue weighted by Crippen LogP contribution is -2.08. The van der Waals surface area contributed by atoms with E-state index in [1.165, 1.54) is 25.7 Å². The Kier molecular flexibility index (Phi) is 4.76. The maximum atomic E-state index is 3.83. The minimum absolute atomic E-state index is 0.565. The monoisotopic (exact) mass is 141 g/mol. The van der Waals surface area contributed by atoms with E-state index in [-0.39, 0.29) is 0 Å². The normalized spacial score (nSPS) is 12.0. The topological polar surface area (TPSA) is 0 Å². The Bertz CT molecular complexity index is 72.1. The van der Waals surface area contributed by atoms with E-state index in [2.05, 4.69) is 27.7 Å². The van der Waals surface area contributed by atoms with Crippen LogP contribution in [-0.4, -0.2) is 0 Å². The molecule has 0 spiro atoms. The third kappa shape index (κ3) is 4.84. The average molecular weight is 141 g/mol. The average Bonchev–Trinajstić information content (AvgIpc) is 1.89. The van der Waals surface area contributed by atoms with Crippen LogP contribution in [-0.2, 0) is 0 Å². The second kappa shape index (κ2) is 4.76. The first-order valence-corrected chi connectivity index (χ1v) is 4.41. The van der Waals surface area contributed by atoms with Gasteiger partial charge in [-0.15, -0.1) is 0 Å². The van der Waals surface area contributed by atoms with E-state index in [9.17, 15) is 0 Å². The summed E-state index contributed by atoms with van der Waals surface area (Å²) in [6, 6.07) is 0. The van der Waals surface area contributed by atoms with E-state index in [1.54, 1.807) is 0 Å². The van der Waals surface area contributed by atoms with Crippen LogP contribution in [0.3, 0.4) is 0 Å². The van der Waals surface area contributed by atoms with E-state index in [1.807, 2.05) is 0 Å². The minimum atomic E-state index is 0.565. The minimum Gasteiger partial charge on any atom is -0.0649 e. The van der Waals surface area contributed by atoms with Gasteiger partial charge in [0, 0.05) is 0 Å². The predicted molar refractivity (Wildman–Crippen MR) is 47.9 cm³/mol. The molecule has 0 nitrogen and oxygen atoms in total. The van der Waals surface area contributed by atoms with Gasteiger partial charge >= 0.3 is 0 Å².